The minimum Gasteiger partial charge on any atom is -0.508 e. The molecule has 1 aromatic carbocycles. The molecule has 3 nitrogen and oxygen atoms in total. The van der Waals surface area contributed by atoms with Gasteiger partial charge in [0.1, 0.15) is 17.6 Å². The fourth-order valence-electron chi connectivity index (χ4n) is 1.95. The molecule has 82 valence electrons. The number of rotatable bonds is 3. The van der Waals surface area contributed by atoms with Gasteiger partial charge < -0.3 is 15.2 Å². The molecule has 0 amide bonds. The first-order valence-electron chi connectivity index (χ1n) is 5.35. The van der Waals surface area contributed by atoms with E-state index in [2.05, 4.69) is 12.2 Å². The number of benzene rings is 1. The van der Waals surface area contributed by atoms with Gasteiger partial charge in [0.05, 0.1) is 0 Å². The van der Waals surface area contributed by atoms with Crippen molar-refractivity contribution < 1.29 is 9.84 Å². The van der Waals surface area contributed by atoms with Gasteiger partial charge in [0.15, 0.2) is 0 Å². The zero-order valence-corrected chi connectivity index (χ0v) is 9.16. The number of hydrogen-bond donors (Lipinski definition) is 2. The smallest absolute Gasteiger partial charge is 0.123 e. The molecular weight excluding hydrogens is 190 g/mol. The average Bonchev–Trinajstić information content (AvgIpc) is 2.59. The van der Waals surface area contributed by atoms with Crippen LogP contribution in [0, 0.1) is 0 Å². The number of aromatic hydroxyl groups is 1. The normalized spacial score (nSPS) is 20.8. The Labute approximate surface area is 90.1 Å². The summed E-state index contributed by atoms with van der Waals surface area (Å²) in [6.45, 7) is 2.14. The van der Waals surface area contributed by atoms with Gasteiger partial charge in [-0.15, -0.1) is 0 Å². The Balaban J connectivity index is 2.03. The summed E-state index contributed by atoms with van der Waals surface area (Å²) >= 11 is 0. The number of nitrogens with one attached hydrogen (secondary N) is 1. The van der Waals surface area contributed by atoms with E-state index in [9.17, 15) is 5.11 Å². The molecule has 0 aliphatic carbocycles. The molecule has 0 saturated carbocycles. The Morgan fingerprint density at radius 2 is 2.40 bits per heavy atom. The maximum Gasteiger partial charge on any atom is 0.123 e. The SMILES string of the molecule is CNC(C)CC1Cc2cc(O)ccc2O1. The molecule has 2 N–H and O–H groups in total. The summed E-state index contributed by atoms with van der Waals surface area (Å²) in [7, 11) is 1.96. The van der Waals surface area contributed by atoms with Crippen LogP contribution in [0.1, 0.15) is 18.9 Å². The molecule has 0 aromatic heterocycles. The molecule has 0 saturated heterocycles. The zero-order chi connectivity index (χ0) is 10.8. The second kappa shape index (κ2) is 4.11. The molecule has 0 fully saturated rings. The predicted octanol–water partition coefficient (Wildman–Crippen LogP) is 1.69. The highest BCUT2D eigenvalue weighted by molar-refractivity contribution is 5.42. The third-order valence-electron chi connectivity index (χ3n) is 2.89. The van der Waals surface area contributed by atoms with Gasteiger partial charge in [-0.1, -0.05) is 0 Å². The van der Waals surface area contributed by atoms with Crippen LogP contribution in [0.15, 0.2) is 18.2 Å². The van der Waals surface area contributed by atoms with Gasteiger partial charge in [-0.05, 0) is 38.6 Å². The predicted molar refractivity (Wildman–Crippen MR) is 59.4 cm³/mol. The summed E-state index contributed by atoms with van der Waals surface area (Å²) in [5, 5.41) is 12.5. The van der Waals surface area contributed by atoms with E-state index in [0.717, 1.165) is 24.2 Å². The lowest BCUT2D eigenvalue weighted by atomic mass is 10.0. The summed E-state index contributed by atoms with van der Waals surface area (Å²) < 4.78 is 5.78. The number of fused-ring (bicyclic) bond motifs is 1. The van der Waals surface area contributed by atoms with E-state index in [1.54, 1.807) is 12.1 Å². The molecule has 0 radical (unpaired) electrons. The van der Waals surface area contributed by atoms with Crippen molar-refractivity contribution in [1.29, 1.82) is 0 Å². The van der Waals surface area contributed by atoms with E-state index in [4.69, 9.17) is 4.74 Å². The van der Waals surface area contributed by atoms with Crippen molar-refractivity contribution in [2.75, 3.05) is 7.05 Å². The number of ether oxygens (including phenoxy) is 1. The number of hydrogen-bond acceptors (Lipinski definition) is 3. The van der Waals surface area contributed by atoms with Gasteiger partial charge in [-0.2, -0.15) is 0 Å². The van der Waals surface area contributed by atoms with E-state index in [-0.39, 0.29) is 6.10 Å². The molecule has 1 heterocycles. The Morgan fingerprint density at radius 3 is 3.13 bits per heavy atom. The number of phenolic OH excluding ortho intramolecular Hbond substituents is 1. The monoisotopic (exact) mass is 207 g/mol. The topological polar surface area (TPSA) is 41.5 Å². The average molecular weight is 207 g/mol. The molecule has 15 heavy (non-hydrogen) atoms. The molecule has 3 heteroatoms. The second-order valence-corrected chi connectivity index (χ2v) is 4.16. The maximum absolute atomic E-state index is 9.34. The summed E-state index contributed by atoms with van der Waals surface area (Å²) in [4.78, 5) is 0. The van der Waals surface area contributed by atoms with E-state index in [1.807, 2.05) is 13.1 Å². The highest BCUT2D eigenvalue weighted by atomic mass is 16.5. The number of phenols is 1. The van der Waals surface area contributed by atoms with E-state index < -0.39 is 0 Å². The van der Waals surface area contributed by atoms with Crippen LogP contribution in [-0.2, 0) is 6.42 Å². The Hall–Kier alpha value is -1.22. The molecular formula is C12H17NO2. The van der Waals surface area contributed by atoms with Crippen molar-refractivity contribution in [2.24, 2.45) is 0 Å². The van der Waals surface area contributed by atoms with E-state index in [0.29, 0.717) is 11.8 Å². The first kappa shape index (κ1) is 10.3. The lowest BCUT2D eigenvalue weighted by Crippen LogP contribution is -2.28. The van der Waals surface area contributed by atoms with Crippen LogP contribution < -0.4 is 10.1 Å². The summed E-state index contributed by atoms with van der Waals surface area (Å²) in [5.41, 5.74) is 1.11. The largest absolute Gasteiger partial charge is 0.508 e. The fraction of sp³-hybridized carbons (Fsp3) is 0.500. The molecule has 2 rings (SSSR count). The van der Waals surface area contributed by atoms with Crippen molar-refractivity contribution in [3.63, 3.8) is 0 Å². The Morgan fingerprint density at radius 1 is 1.60 bits per heavy atom. The quantitative estimate of drug-likeness (QED) is 0.792. The molecule has 1 aromatic rings. The van der Waals surface area contributed by atoms with Crippen LogP contribution in [0.25, 0.3) is 0 Å². The zero-order valence-electron chi connectivity index (χ0n) is 9.16. The summed E-state index contributed by atoms with van der Waals surface area (Å²) in [6.07, 6.45) is 2.13. The van der Waals surface area contributed by atoms with E-state index in [1.165, 1.54) is 0 Å². The summed E-state index contributed by atoms with van der Waals surface area (Å²) in [5.74, 6) is 1.24. The van der Waals surface area contributed by atoms with Crippen LogP contribution in [0.2, 0.25) is 0 Å². The van der Waals surface area contributed by atoms with Gasteiger partial charge in [-0.3, -0.25) is 0 Å². The van der Waals surface area contributed by atoms with Gasteiger partial charge in [0.25, 0.3) is 0 Å². The van der Waals surface area contributed by atoms with Crippen LogP contribution in [0.3, 0.4) is 0 Å². The van der Waals surface area contributed by atoms with Gasteiger partial charge in [0.2, 0.25) is 0 Å². The van der Waals surface area contributed by atoms with Crippen LogP contribution in [0.4, 0.5) is 0 Å². The lowest BCUT2D eigenvalue weighted by molar-refractivity contribution is 0.207. The van der Waals surface area contributed by atoms with Crippen LogP contribution in [-0.4, -0.2) is 24.3 Å². The second-order valence-electron chi connectivity index (χ2n) is 4.16. The fourth-order valence-corrected chi connectivity index (χ4v) is 1.95. The van der Waals surface area contributed by atoms with Crippen molar-refractivity contribution in [1.82, 2.24) is 5.32 Å². The highest BCUT2D eigenvalue weighted by Gasteiger charge is 2.24. The van der Waals surface area contributed by atoms with Crippen molar-refractivity contribution in [3.05, 3.63) is 23.8 Å². The van der Waals surface area contributed by atoms with Crippen molar-refractivity contribution >= 4 is 0 Å². The van der Waals surface area contributed by atoms with Gasteiger partial charge >= 0.3 is 0 Å². The van der Waals surface area contributed by atoms with Crippen molar-refractivity contribution in [3.8, 4) is 11.5 Å². The van der Waals surface area contributed by atoms with Crippen LogP contribution >= 0.6 is 0 Å². The standard InChI is InChI=1S/C12H17NO2/c1-8(13-2)5-11-7-9-6-10(14)3-4-12(9)15-11/h3-4,6,8,11,13-14H,5,7H2,1-2H3. The molecule has 2 atom stereocenters. The third-order valence-corrected chi connectivity index (χ3v) is 2.89. The van der Waals surface area contributed by atoms with E-state index >= 15 is 0 Å². The first-order valence-corrected chi connectivity index (χ1v) is 5.35. The first-order chi connectivity index (χ1) is 7.19. The minimum absolute atomic E-state index is 0.240. The molecule has 2 unspecified atom stereocenters. The molecule has 0 spiro atoms. The lowest BCUT2D eigenvalue weighted by Gasteiger charge is -2.15. The third kappa shape index (κ3) is 2.23. The molecule has 1 aliphatic rings. The molecule has 0 bridgehead atoms. The summed E-state index contributed by atoms with van der Waals surface area (Å²) in [6, 6.07) is 5.76. The van der Waals surface area contributed by atoms with Gasteiger partial charge in [0, 0.05) is 18.0 Å². The molecule has 1 aliphatic heterocycles. The highest BCUT2D eigenvalue weighted by Crippen LogP contribution is 2.32. The Kier molecular flexibility index (Phi) is 2.82. The Bertz CT molecular complexity index is 351. The van der Waals surface area contributed by atoms with Crippen LogP contribution in [0.5, 0.6) is 11.5 Å². The maximum atomic E-state index is 9.34. The van der Waals surface area contributed by atoms with Gasteiger partial charge in [-0.25, -0.2) is 0 Å². The minimum atomic E-state index is 0.240. The van der Waals surface area contributed by atoms with Crippen molar-refractivity contribution in [2.45, 2.75) is 31.9 Å².